The van der Waals surface area contributed by atoms with Crippen LogP contribution in [0.2, 0.25) is 10.0 Å². The van der Waals surface area contributed by atoms with Crippen molar-refractivity contribution in [3.8, 4) is 17.1 Å². The molecule has 120 valence electrons. The van der Waals surface area contributed by atoms with Gasteiger partial charge in [-0.25, -0.2) is 9.97 Å². The predicted octanol–water partition coefficient (Wildman–Crippen LogP) is 4.41. The summed E-state index contributed by atoms with van der Waals surface area (Å²) in [6.45, 7) is 0. The molecule has 0 aliphatic heterocycles. The number of hydrogen-bond donors (Lipinski definition) is 2. The molecule has 2 aromatic carbocycles. The van der Waals surface area contributed by atoms with Crippen LogP contribution in [0.5, 0.6) is 5.75 Å². The molecule has 2 N–H and O–H groups in total. The minimum absolute atomic E-state index is 0.132. The zero-order valence-corrected chi connectivity index (χ0v) is 13.7. The van der Waals surface area contributed by atoms with Crippen molar-refractivity contribution in [2.75, 3.05) is 5.32 Å². The Morgan fingerprint density at radius 3 is 2.42 bits per heavy atom. The van der Waals surface area contributed by atoms with Gasteiger partial charge in [0.1, 0.15) is 5.75 Å². The van der Waals surface area contributed by atoms with Crippen molar-refractivity contribution >= 4 is 34.8 Å². The number of aromatic nitrogens is 2. The third kappa shape index (κ3) is 3.64. The molecule has 0 atom stereocenters. The number of amides is 1. The molecule has 0 spiro atoms. The molecule has 1 heterocycles. The van der Waals surface area contributed by atoms with Gasteiger partial charge < -0.3 is 10.4 Å². The van der Waals surface area contributed by atoms with Gasteiger partial charge in [0, 0.05) is 11.1 Å². The molecule has 1 aromatic heterocycles. The van der Waals surface area contributed by atoms with Crippen LogP contribution in [-0.4, -0.2) is 21.0 Å². The molecule has 3 rings (SSSR count). The Labute approximate surface area is 147 Å². The smallest absolute Gasteiger partial charge is 0.255 e. The molecule has 0 aliphatic carbocycles. The first kappa shape index (κ1) is 16.2. The fraction of sp³-hybridized carbons (Fsp3) is 0. The number of phenols is 1. The molecule has 24 heavy (non-hydrogen) atoms. The lowest BCUT2D eigenvalue weighted by molar-refractivity contribution is 0.102. The summed E-state index contributed by atoms with van der Waals surface area (Å²) in [5.74, 6) is 0.230. The van der Waals surface area contributed by atoms with E-state index in [0.717, 1.165) is 0 Å². The second-order valence-corrected chi connectivity index (χ2v) is 5.74. The largest absolute Gasteiger partial charge is 0.508 e. The lowest BCUT2D eigenvalue weighted by Gasteiger charge is -2.06. The molecule has 1 amide bonds. The van der Waals surface area contributed by atoms with E-state index in [9.17, 15) is 9.90 Å². The highest BCUT2D eigenvalue weighted by Gasteiger charge is 2.09. The normalized spacial score (nSPS) is 10.4. The van der Waals surface area contributed by atoms with E-state index in [4.69, 9.17) is 23.2 Å². The standard InChI is InChI=1S/C17H11Cl2N3O2/c18-14-5-4-11(7-15(14)19)17(24)22-12-8-20-16(21-9-12)10-2-1-3-13(23)6-10/h1-9,23H,(H,22,24). The number of hydrogen-bond acceptors (Lipinski definition) is 4. The van der Waals surface area contributed by atoms with Gasteiger partial charge in [-0.2, -0.15) is 0 Å². The van der Waals surface area contributed by atoms with E-state index in [1.54, 1.807) is 36.4 Å². The summed E-state index contributed by atoms with van der Waals surface area (Å²) in [4.78, 5) is 20.5. The topological polar surface area (TPSA) is 75.1 Å². The molecule has 7 heteroatoms. The molecular weight excluding hydrogens is 349 g/mol. The van der Waals surface area contributed by atoms with Gasteiger partial charge in [0.25, 0.3) is 5.91 Å². The van der Waals surface area contributed by atoms with Crippen molar-refractivity contribution in [2.45, 2.75) is 0 Å². The van der Waals surface area contributed by atoms with Gasteiger partial charge in [-0.15, -0.1) is 0 Å². The number of aromatic hydroxyl groups is 1. The molecule has 0 aliphatic rings. The second kappa shape index (κ2) is 6.86. The maximum atomic E-state index is 12.2. The summed E-state index contributed by atoms with van der Waals surface area (Å²) < 4.78 is 0. The van der Waals surface area contributed by atoms with Crippen molar-refractivity contribution in [2.24, 2.45) is 0 Å². The SMILES string of the molecule is O=C(Nc1cnc(-c2cccc(O)c2)nc1)c1ccc(Cl)c(Cl)c1. The first-order valence-corrected chi connectivity index (χ1v) is 7.66. The highest BCUT2D eigenvalue weighted by Crippen LogP contribution is 2.23. The second-order valence-electron chi connectivity index (χ2n) is 4.93. The molecule has 0 fully saturated rings. The molecule has 0 saturated carbocycles. The lowest BCUT2D eigenvalue weighted by atomic mass is 10.2. The number of nitrogens with zero attached hydrogens (tertiary/aromatic N) is 2. The van der Waals surface area contributed by atoms with Crippen LogP contribution in [0, 0.1) is 0 Å². The summed E-state index contributed by atoms with van der Waals surface area (Å²) in [6.07, 6.45) is 2.98. The number of nitrogens with one attached hydrogen (secondary N) is 1. The first-order chi connectivity index (χ1) is 11.5. The van der Waals surface area contributed by atoms with Gasteiger partial charge in [-0.05, 0) is 30.3 Å². The van der Waals surface area contributed by atoms with Gasteiger partial charge in [-0.3, -0.25) is 4.79 Å². The number of benzene rings is 2. The zero-order chi connectivity index (χ0) is 17.1. The third-order valence-electron chi connectivity index (χ3n) is 3.20. The van der Waals surface area contributed by atoms with Crippen LogP contribution < -0.4 is 5.32 Å². The molecule has 0 bridgehead atoms. The minimum Gasteiger partial charge on any atom is -0.508 e. The first-order valence-electron chi connectivity index (χ1n) is 6.91. The summed E-state index contributed by atoms with van der Waals surface area (Å²) in [5, 5.41) is 12.8. The Kier molecular flexibility index (Phi) is 4.64. The summed E-state index contributed by atoms with van der Waals surface area (Å²) in [5.41, 5.74) is 1.49. The zero-order valence-electron chi connectivity index (χ0n) is 12.2. The number of anilines is 1. The molecule has 0 radical (unpaired) electrons. The number of rotatable bonds is 3. The summed E-state index contributed by atoms with van der Waals surface area (Å²) in [6, 6.07) is 11.2. The van der Waals surface area contributed by atoms with Crippen LogP contribution in [0.1, 0.15) is 10.4 Å². The van der Waals surface area contributed by atoms with Crippen molar-refractivity contribution in [3.63, 3.8) is 0 Å². The van der Waals surface area contributed by atoms with E-state index in [2.05, 4.69) is 15.3 Å². The van der Waals surface area contributed by atoms with Gasteiger partial charge in [0.2, 0.25) is 0 Å². The number of carbonyl (C=O) groups excluding carboxylic acids is 1. The van der Waals surface area contributed by atoms with Crippen molar-refractivity contribution in [1.29, 1.82) is 0 Å². The Bertz CT molecular complexity index is 899. The molecular formula is C17H11Cl2N3O2. The van der Waals surface area contributed by atoms with E-state index in [1.165, 1.54) is 18.5 Å². The van der Waals surface area contributed by atoms with Crippen molar-refractivity contribution in [1.82, 2.24) is 9.97 Å². The number of phenolic OH excluding ortho intramolecular Hbond substituents is 1. The van der Waals surface area contributed by atoms with E-state index in [1.807, 2.05) is 0 Å². The van der Waals surface area contributed by atoms with E-state index in [0.29, 0.717) is 32.7 Å². The molecule has 5 nitrogen and oxygen atoms in total. The van der Waals surface area contributed by atoms with Crippen LogP contribution >= 0.6 is 23.2 Å². The van der Waals surface area contributed by atoms with Crippen LogP contribution in [0.4, 0.5) is 5.69 Å². The quantitative estimate of drug-likeness (QED) is 0.726. The Hall–Kier alpha value is -2.63. The average molecular weight is 360 g/mol. The van der Waals surface area contributed by atoms with Gasteiger partial charge >= 0.3 is 0 Å². The van der Waals surface area contributed by atoms with Gasteiger partial charge in [0.05, 0.1) is 28.1 Å². The fourth-order valence-electron chi connectivity index (χ4n) is 2.03. The monoisotopic (exact) mass is 359 g/mol. The highest BCUT2D eigenvalue weighted by atomic mass is 35.5. The Morgan fingerprint density at radius 1 is 1.00 bits per heavy atom. The van der Waals surface area contributed by atoms with Gasteiger partial charge in [-0.1, -0.05) is 35.3 Å². The Morgan fingerprint density at radius 2 is 1.75 bits per heavy atom. The molecule has 0 unspecified atom stereocenters. The minimum atomic E-state index is -0.345. The van der Waals surface area contributed by atoms with Gasteiger partial charge in [0.15, 0.2) is 5.82 Å². The number of halogens is 2. The highest BCUT2D eigenvalue weighted by molar-refractivity contribution is 6.42. The fourth-order valence-corrected chi connectivity index (χ4v) is 2.33. The maximum Gasteiger partial charge on any atom is 0.255 e. The average Bonchev–Trinajstić information content (AvgIpc) is 2.58. The lowest BCUT2D eigenvalue weighted by Crippen LogP contribution is -2.12. The predicted molar refractivity (Wildman–Crippen MR) is 93.5 cm³/mol. The van der Waals surface area contributed by atoms with Crippen LogP contribution in [0.15, 0.2) is 54.9 Å². The van der Waals surface area contributed by atoms with E-state index in [-0.39, 0.29) is 11.7 Å². The third-order valence-corrected chi connectivity index (χ3v) is 3.93. The van der Waals surface area contributed by atoms with Crippen molar-refractivity contribution in [3.05, 3.63) is 70.5 Å². The van der Waals surface area contributed by atoms with E-state index < -0.39 is 0 Å². The number of carbonyl (C=O) groups is 1. The van der Waals surface area contributed by atoms with Crippen LogP contribution in [-0.2, 0) is 0 Å². The Balaban J connectivity index is 1.76. The van der Waals surface area contributed by atoms with E-state index >= 15 is 0 Å². The molecule has 3 aromatic rings. The van der Waals surface area contributed by atoms with Crippen LogP contribution in [0.3, 0.4) is 0 Å². The van der Waals surface area contributed by atoms with Crippen molar-refractivity contribution < 1.29 is 9.90 Å². The summed E-state index contributed by atoms with van der Waals surface area (Å²) in [7, 11) is 0. The van der Waals surface area contributed by atoms with Crippen LogP contribution in [0.25, 0.3) is 11.4 Å². The maximum absolute atomic E-state index is 12.2. The summed E-state index contributed by atoms with van der Waals surface area (Å²) >= 11 is 11.7. The molecule has 0 saturated heterocycles.